The smallest absolute Gasteiger partial charge is 0.338 e. The number of halogens is 1. The molecule has 0 aliphatic heterocycles. The van der Waals surface area contributed by atoms with Crippen LogP contribution < -0.4 is 5.32 Å². The second-order valence-corrected chi connectivity index (χ2v) is 5.54. The Morgan fingerprint density at radius 2 is 1.95 bits per heavy atom. The van der Waals surface area contributed by atoms with Crippen molar-refractivity contribution in [3.05, 3.63) is 35.9 Å². The summed E-state index contributed by atoms with van der Waals surface area (Å²) in [6, 6.07) is 8.50. The van der Waals surface area contributed by atoms with Gasteiger partial charge in [0.2, 0.25) is 5.91 Å². The Morgan fingerprint density at radius 1 is 1.25 bits per heavy atom. The lowest BCUT2D eigenvalue weighted by Gasteiger charge is -2.34. The minimum atomic E-state index is -0.378. The molecule has 0 saturated heterocycles. The fraction of sp³-hybridized carbons (Fsp3) is 0.467. The van der Waals surface area contributed by atoms with Gasteiger partial charge in [-0.3, -0.25) is 4.79 Å². The Bertz CT molecular complexity index is 477. The number of carbonyl (C=O) groups excluding carboxylic acids is 2. The highest BCUT2D eigenvalue weighted by atomic mass is 35.5. The number of rotatable bonds is 3. The van der Waals surface area contributed by atoms with Crippen molar-refractivity contribution < 1.29 is 14.3 Å². The van der Waals surface area contributed by atoms with Crippen LogP contribution >= 0.6 is 11.6 Å². The number of hydrogen-bond donors (Lipinski definition) is 1. The van der Waals surface area contributed by atoms with Crippen LogP contribution in [0.1, 0.15) is 36.5 Å². The molecule has 1 aliphatic carbocycles. The van der Waals surface area contributed by atoms with Crippen LogP contribution in [-0.4, -0.2) is 29.4 Å². The fourth-order valence-corrected chi connectivity index (χ4v) is 2.82. The molecule has 0 aromatic heterocycles. The Hall–Kier alpha value is -1.55. The predicted octanol–water partition coefficient (Wildman–Crippen LogP) is 2.51. The first-order chi connectivity index (χ1) is 9.58. The number of amides is 1. The zero-order valence-corrected chi connectivity index (χ0v) is 12.1. The molecule has 1 saturated carbocycles. The molecule has 1 aliphatic rings. The van der Waals surface area contributed by atoms with Crippen LogP contribution in [0.25, 0.3) is 0 Å². The molecule has 3 unspecified atom stereocenters. The molecule has 4 nitrogen and oxygen atoms in total. The van der Waals surface area contributed by atoms with Crippen molar-refractivity contribution in [2.24, 2.45) is 0 Å². The third kappa shape index (κ3) is 3.73. The minimum absolute atomic E-state index is 0.164. The van der Waals surface area contributed by atoms with E-state index in [0.29, 0.717) is 12.0 Å². The van der Waals surface area contributed by atoms with Gasteiger partial charge in [-0.15, -0.1) is 11.6 Å². The van der Waals surface area contributed by atoms with Crippen molar-refractivity contribution in [1.82, 2.24) is 5.32 Å². The largest absolute Gasteiger partial charge is 0.457 e. The van der Waals surface area contributed by atoms with Crippen LogP contribution in [0.3, 0.4) is 0 Å². The van der Waals surface area contributed by atoms with Gasteiger partial charge in [-0.2, -0.15) is 0 Å². The van der Waals surface area contributed by atoms with Crippen LogP contribution in [0.2, 0.25) is 0 Å². The number of alkyl halides is 1. The molecule has 1 aromatic carbocycles. The molecule has 1 N–H and O–H groups in total. The molecule has 1 amide bonds. The molecule has 1 fully saturated rings. The van der Waals surface area contributed by atoms with Gasteiger partial charge in [-0.25, -0.2) is 4.79 Å². The van der Waals surface area contributed by atoms with E-state index in [-0.39, 0.29) is 29.4 Å². The maximum atomic E-state index is 12.1. The van der Waals surface area contributed by atoms with Crippen molar-refractivity contribution in [2.75, 3.05) is 0 Å². The fourth-order valence-electron chi connectivity index (χ4n) is 2.44. The number of benzene rings is 1. The highest BCUT2D eigenvalue weighted by Gasteiger charge is 2.35. The van der Waals surface area contributed by atoms with E-state index in [2.05, 4.69) is 5.32 Å². The normalized spacial score (nSPS) is 25.8. The van der Waals surface area contributed by atoms with Crippen molar-refractivity contribution in [3.8, 4) is 0 Å². The number of nitrogens with one attached hydrogen (secondary N) is 1. The summed E-state index contributed by atoms with van der Waals surface area (Å²) in [5, 5.41) is 2.58. The van der Waals surface area contributed by atoms with Crippen LogP contribution in [0.5, 0.6) is 0 Å². The van der Waals surface area contributed by atoms with Gasteiger partial charge >= 0.3 is 5.97 Å². The third-order valence-corrected chi connectivity index (χ3v) is 3.89. The molecule has 1 aromatic rings. The van der Waals surface area contributed by atoms with Gasteiger partial charge in [0.15, 0.2) is 0 Å². The first kappa shape index (κ1) is 14.9. The topological polar surface area (TPSA) is 55.4 Å². The lowest BCUT2D eigenvalue weighted by Crippen LogP contribution is -2.52. The predicted molar refractivity (Wildman–Crippen MR) is 76.7 cm³/mol. The third-order valence-electron chi connectivity index (χ3n) is 3.40. The van der Waals surface area contributed by atoms with E-state index in [1.807, 2.05) is 6.07 Å². The molecule has 2 rings (SSSR count). The number of ether oxygens (including phenoxy) is 1. The summed E-state index contributed by atoms with van der Waals surface area (Å²) >= 11 is 6.24. The minimum Gasteiger partial charge on any atom is -0.457 e. The van der Waals surface area contributed by atoms with Crippen molar-refractivity contribution in [2.45, 2.75) is 43.7 Å². The van der Waals surface area contributed by atoms with Gasteiger partial charge < -0.3 is 10.1 Å². The van der Waals surface area contributed by atoms with Crippen LogP contribution in [-0.2, 0) is 9.53 Å². The van der Waals surface area contributed by atoms with E-state index < -0.39 is 0 Å². The molecule has 20 heavy (non-hydrogen) atoms. The van der Waals surface area contributed by atoms with E-state index in [9.17, 15) is 9.59 Å². The second-order valence-electron chi connectivity index (χ2n) is 4.98. The van der Waals surface area contributed by atoms with E-state index in [1.54, 1.807) is 24.3 Å². The molecule has 0 bridgehead atoms. The van der Waals surface area contributed by atoms with E-state index >= 15 is 0 Å². The van der Waals surface area contributed by atoms with E-state index in [1.165, 1.54) is 6.92 Å². The molecule has 5 heteroatoms. The second kappa shape index (κ2) is 6.75. The zero-order chi connectivity index (χ0) is 14.5. The summed E-state index contributed by atoms with van der Waals surface area (Å²) in [4.78, 5) is 23.3. The van der Waals surface area contributed by atoms with E-state index in [0.717, 1.165) is 12.8 Å². The standard InChI is InChI=1S/C15H18ClNO3/c1-10(18)17-14-12(16)8-5-9-13(14)20-15(19)11-6-3-2-4-7-11/h2-4,6-7,12-14H,5,8-9H2,1H3,(H,17,18). The van der Waals surface area contributed by atoms with Gasteiger partial charge in [0.25, 0.3) is 0 Å². The highest BCUT2D eigenvalue weighted by Crippen LogP contribution is 2.26. The monoisotopic (exact) mass is 295 g/mol. The SMILES string of the molecule is CC(=O)NC1C(Cl)CCCC1OC(=O)c1ccccc1. The van der Waals surface area contributed by atoms with Crippen molar-refractivity contribution in [3.63, 3.8) is 0 Å². The maximum Gasteiger partial charge on any atom is 0.338 e. The first-order valence-corrected chi connectivity index (χ1v) is 7.19. The first-order valence-electron chi connectivity index (χ1n) is 6.75. The maximum absolute atomic E-state index is 12.1. The molecule has 0 radical (unpaired) electrons. The summed E-state index contributed by atoms with van der Waals surface area (Å²) in [7, 11) is 0. The lowest BCUT2D eigenvalue weighted by atomic mass is 9.91. The van der Waals surface area contributed by atoms with Crippen molar-refractivity contribution in [1.29, 1.82) is 0 Å². The van der Waals surface area contributed by atoms with Crippen molar-refractivity contribution >= 4 is 23.5 Å². The Kier molecular flexibility index (Phi) is 5.01. The van der Waals surface area contributed by atoms with Crippen LogP contribution in [0, 0.1) is 0 Å². The van der Waals surface area contributed by atoms with E-state index in [4.69, 9.17) is 16.3 Å². The van der Waals surface area contributed by atoms with Gasteiger partial charge in [0.05, 0.1) is 17.0 Å². The summed E-state index contributed by atoms with van der Waals surface area (Å²) in [6.45, 7) is 1.44. The Labute approximate surface area is 123 Å². The zero-order valence-electron chi connectivity index (χ0n) is 11.3. The molecular weight excluding hydrogens is 278 g/mol. The number of carbonyl (C=O) groups is 2. The Morgan fingerprint density at radius 3 is 2.60 bits per heavy atom. The summed E-state index contributed by atoms with van der Waals surface area (Å²) in [5.41, 5.74) is 0.505. The average molecular weight is 296 g/mol. The number of hydrogen-bond acceptors (Lipinski definition) is 3. The Balaban J connectivity index is 2.05. The lowest BCUT2D eigenvalue weighted by molar-refractivity contribution is -0.121. The molecule has 3 atom stereocenters. The van der Waals surface area contributed by atoms with Gasteiger partial charge in [-0.1, -0.05) is 18.2 Å². The molecule has 0 heterocycles. The van der Waals surface area contributed by atoms with Crippen LogP contribution in [0.15, 0.2) is 30.3 Å². The highest BCUT2D eigenvalue weighted by molar-refractivity contribution is 6.21. The quantitative estimate of drug-likeness (QED) is 0.688. The average Bonchev–Trinajstić information content (AvgIpc) is 2.43. The van der Waals surface area contributed by atoms with Gasteiger partial charge in [0, 0.05) is 6.92 Å². The number of esters is 1. The molecule has 0 spiro atoms. The van der Waals surface area contributed by atoms with Gasteiger partial charge in [0.1, 0.15) is 6.10 Å². The van der Waals surface area contributed by atoms with Gasteiger partial charge in [-0.05, 0) is 31.4 Å². The summed E-state index contributed by atoms with van der Waals surface area (Å²) < 4.78 is 5.52. The molecule has 108 valence electrons. The summed E-state index contributed by atoms with van der Waals surface area (Å²) in [5.74, 6) is -0.542. The summed E-state index contributed by atoms with van der Waals surface area (Å²) in [6.07, 6.45) is 2.04. The van der Waals surface area contributed by atoms with Crippen LogP contribution in [0.4, 0.5) is 0 Å². The molecular formula is C15H18ClNO3.